The van der Waals surface area contributed by atoms with Crippen LogP contribution in [0.3, 0.4) is 0 Å². The second-order valence-corrected chi connectivity index (χ2v) is 6.35. The van der Waals surface area contributed by atoms with E-state index in [1.807, 2.05) is 29.8 Å². The molecule has 7 heteroatoms. The summed E-state index contributed by atoms with van der Waals surface area (Å²) in [5.41, 5.74) is 3.89. The summed E-state index contributed by atoms with van der Waals surface area (Å²) in [6.07, 6.45) is 3.69. The molecule has 1 saturated carbocycles. The van der Waals surface area contributed by atoms with Gasteiger partial charge in [0.1, 0.15) is 0 Å². The first-order valence-electron chi connectivity index (χ1n) is 8.00. The Morgan fingerprint density at radius 1 is 1.48 bits per heavy atom. The summed E-state index contributed by atoms with van der Waals surface area (Å²) in [5, 5.41) is 18.0. The fourth-order valence-electron chi connectivity index (χ4n) is 3.22. The topological polar surface area (TPSA) is 77.2 Å². The van der Waals surface area contributed by atoms with Crippen LogP contribution in [0.25, 0.3) is 0 Å². The molecule has 2 aliphatic rings. The highest BCUT2D eigenvalue weighted by molar-refractivity contribution is 6.61. The summed E-state index contributed by atoms with van der Waals surface area (Å²) in [6.45, 7) is 2.32. The van der Waals surface area contributed by atoms with Crippen molar-refractivity contribution in [3.05, 3.63) is 40.7 Å². The van der Waals surface area contributed by atoms with Gasteiger partial charge >= 0.3 is 7.12 Å². The van der Waals surface area contributed by atoms with Crippen LogP contribution in [0.4, 0.5) is 0 Å². The summed E-state index contributed by atoms with van der Waals surface area (Å²) < 4.78 is 7.07. The van der Waals surface area contributed by atoms with Gasteiger partial charge in [0.05, 0.1) is 18.3 Å². The minimum Gasteiger partial charge on any atom is -0.423 e. The van der Waals surface area contributed by atoms with Crippen molar-refractivity contribution in [3.8, 4) is 0 Å². The van der Waals surface area contributed by atoms with Crippen molar-refractivity contribution < 1.29 is 14.5 Å². The minimum absolute atomic E-state index is 0.0403. The van der Waals surface area contributed by atoms with Crippen LogP contribution in [0.2, 0.25) is 0 Å². The van der Waals surface area contributed by atoms with Gasteiger partial charge in [-0.25, -0.2) is 4.68 Å². The largest absolute Gasteiger partial charge is 0.491 e. The fourth-order valence-corrected chi connectivity index (χ4v) is 3.22. The highest BCUT2D eigenvalue weighted by Crippen LogP contribution is 2.32. The molecule has 4 rings (SSSR count). The van der Waals surface area contributed by atoms with Gasteiger partial charge in [-0.15, -0.1) is 5.10 Å². The van der Waals surface area contributed by atoms with Gasteiger partial charge in [-0.05, 0) is 42.8 Å². The Balaban J connectivity index is 1.54. The quantitative estimate of drug-likeness (QED) is 0.672. The Morgan fingerprint density at radius 2 is 2.30 bits per heavy atom. The second-order valence-electron chi connectivity index (χ2n) is 6.35. The minimum atomic E-state index is -0.888. The fraction of sp³-hybridized carbons (Fsp3) is 0.438. The highest BCUT2D eigenvalue weighted by atomic mass is 16.5. The van der Waals surface area contributed by atoms with Gasteiger partial charge in [0.25, 0.3) is 0 Å². The van der Waals surface area contributed by atoms with E-state index in [0.29, 0.717) is 18.3 Å². The van der Waals surface area contributed by atoms with E-state index in [9.17, 15) is 9.82 Å². The molecule has 0 amide bonds. The molecule has 1 aliphatic heterocycles. The molecule has 0 unspecified atom stereocenters. The summed E-state index contributed by atoms with van der Waals surface area (Å²) in [6, 6.07) is 6.06. The number of nitrogens with zero attached hydrogens (tertiary/aromatic N) is 3. The number of benzene rings is 1. The van der Waals surface area contributed by atoms with Gasteiger partial charge in [0, 0.05) is 6.42 Å². The number of hydrogen-bond donors (Lipinski definition) is 1. The first-order valence-corrected chi connectivity index (χ1v) is 8.00. The lowest BCUT2D eigenvalue weighted by Gasteiger charge is -2.26. The zero-order chi connectivity index (χ0) is 16.0. The van der Waals surface area contributed by atoms with Gasteiger partial charge in [0.15, 0.2) is 11.5 Å². The van der Waals surface area contributed by atoms with Gasteiger partial charge in [-0.1, -0.05) is 23.4 Å². The molecule has 2 aromatic rings. The van der Waals surface area contributed by atoms with Crippen LogP contribution in [-0.4, -0.2) is 32.9 Å². The van der Waals surface area contributed by atoms with Crippen LogP contribution in [0.5, 0.6) is 0 Å². The molecule has 1 aliphatic carbocycles. The summed E-state index contributed by atoms with van der Waals surface area (Å²) >= 11 is 0. The average molecular weight is 311 g/mol. The van der Waals surface area contributed by atoms with Gasteiger partial charge in [-0.3, -0.25) is 4.79 Å². The molecule has 0 bridgehead atoms. The van der Waals surface area contributed by atoms with Crippen molar-refractivity contribution >= 4 is 18.4 Å². The third kappa shape index (κ3) is 2.50. The number of hydrogen-bond acceptors (Lipinski definition) is 5. The van der Waals surface area contributed by atoms with Crippen LogP contribution in [-0.2, 0) is 17.7 Å². The number of rotatable bonds is 4. The van der Waals surface area contributed by atoms with Crippen molar-refractivity contribution in [2.45, 2.75) is 45.3 Å². The number of ketones is 1. The SMILES string of the molecule is Cc1c(C(=O)Cc2ccc3c(c2)B(O)OC3)nnn1C1CCC1. The molecular formula is C16H18BN3O3. The maximum Gasteiger partial charge on any atom is 0.491 e. The van der Waals surface area contributed by atoms with E-state index in [-0.39, 0.29) is 12.2 Å². The monoisotopic (exact) mass is 311 g/mol. The van der Waals surface area contributed by atoms with Crippen molar-refractivity contribution in [3.63, 3.8) is 0 Å². The van der Waals surface area contributed by atoms with Gasteiger partial charge in [-0.2, -0.15) is 0 Å². The molecule has 1 aromatic heterocycles. The summed E-state index contributed by atoms with van der Waals surface area (Å²) in [4.78, 5) is 12.5. The van der Waals surface area contributed by atoms with E-state index in [4.69, 9.17) is 4.65 Å². The molecule has 0 radical (unpaired) electrons. The molecule has 0 spiro atoms. The number of carbonyl (C=O) groups is 1. The van der Waals surface area contributed by atoms with Crippen LogP contribution in [0.15, 0.2) is 18.2 Å². The predicted molar refractivity (Wildman–Crippen MR) is 84.5 cm³/mol. The smallest absolute Gasteiger partial charge is 0.423 e. The lowest BCUT2D eigenvalue weighted by Crippen LogP contribution is -2.28. The maximum atomic E-state index is 12.5. The van der Waals surface area contributed by atoms with Crippen LogP contribution < -0.4 is 5.46 Å². The molecule has 118 valence electrons. The Morgan fingerprint density at radius 3 is 3.04 bits per heavy atom. The lowest BCUT2D eigenvalue weighted by molar-refractivity contribution is 0.0987. The highest BCUT2D eigenvalue weighted by Gasteiger charge is 2.28. The van der Waals surface area contributed by atoms with E-state index in [2.05, 4.69) is 10.3 Å². The normalized spacial score (nSPS) is 17.2. The first kappa shape index (κ1) is 14.6. The molecule has 0 saturated heterocycles. The molecule has 23 heavy (non-hydrogen) atoms. The van der Waals surface area contributed by atoms with E-state index in [1.54, 1.807) is 0 Å². The van der Waals surface area contributed by atoms with E-state index in [1.165, 1.54) is 6.42 Å². The average Bonchev–Trinajstić information content (AvgIpc) is 3.02. The van der Waals surface area contributed by atoms with Gasteiger partial charge < -0.3 is 9.68 Å². The number of aromatic nitrogens is 3. The third-order valence-corrected chi connectivity index (χ3v) is 4.85. The van der Waals surface area contributed by atoms with E-state index < -0.39 is 7.12 Å². The van der Waals surface area contributed by atoms with Gasteiger partial charge in [0.2, 0.25) is 0 Å². The van der Waals surface area contributed by atoms with E-state index in [0.717, 1.165) is 35.1 Å². The Hall–Kier alpha value is -1.99. The number of carbonyl (C=O) groups excluding carboxylic acids is 1. The zero-order valence-electron chi connectivity index (χ0n) is 13.0. The summed E-state index contributed by atoms with van der Waals surface area (Å²) in [7, 11) is -0.888. The molecule has 2 heterocycles. The maximum absolute atomic E-state index is 12.5. The van der Waals surface area contributed by atoms with Crippen LogP contribution in [0, 0.1) is 6.92 Å². The van der Waals surface area contributed by atoms with Crippen LogP contribution >= 0.6 is 0 Å². The van der Waals surface area contributed by atoms with Crippen molar-refractivity contribution in [2.24, 2.45) is 0 Å². The predicted octanol–water partition coefficient (Wildman–Crippen LogP) is 0.955. The molecule has 6 nitrogen and oxygen atoms in total. The molecule has 1 N–H and O–H groups in total. The van der Waals surface area contributed by atoms with Crippen molar-refractivity contribution in [2.75, 3.05) is 0 Å². The lowest BCUT2D eigenvalue weighted by atomic mass is 9.78. The number of fused-ring (bicyclic) bond motifs is 1. The molecule has 1 aromatic carbocycles. The zero-order valence-corrected chi connectivity index (χ0v) is 13.0. The standard InChI is InChI=1S/C16H18BN3O3/c1-10-16(18-19-20(10)13-3-2-4-13)15(21)8-11-5-6-12-9-23-17(22)14(12)7-11/h5-7,13,22H,2-4,8-9H2,1H3. The van der Waals surface area contributed by atoms with Crippen LogP contribution in [0.1, 0.15) is 52.6 Å². The Kier molecular flexibility index (Phi) is 3.54. The molecular weight excluding hydrogens is 293 g/mol. The third-order valence-electron chi connectivity index (χ3n) is 4.85. The molecule has 1 fully saturated rings. The first-order chi connectivity index (χ1) is 11.1. The Labute approximate surface area is 134 Å². The van der Waals surface area contributed by atoms with Crippen molar-refractivity contribution in [1.29, 1.82) is 0 Å². The second kappa shape index (κ2) is 5.58. The van der Waals surface area contributed by atoms with Crippen molar-refractivity contribution in [1.82, 2.24) is 15.0 Å². The summed E-state index contributed by atoms with van der Waals surface area (Å²) in [5.74, 6) is -0.0403. The molecule has 0 atom stereocenters. The van der Waals surface area contributed by atoms with E-state index >= 15 is 0 Å². The number of Topliss-reactive ketones (excluding diaryl/α,β-unsaturated/α-hetero) is 1. The Bertz CT molecular complexity index is 770.